The van der Waals surface area contributed by atoms with Crippen molar-refractivity contribution in [2.45, 2.75) is 219 Å². The molecule has 0 amide bonds. The molecule has 0 atom stereocenters. The summed E-state index contributed by atoms with van der Waals surface area (Å²) in [4.78, 5) is 0. The minimum absolute atomic E-state index is 0.240. The highest BCUT2D eigenvalue weighted by Crippen LogP contribution is 2.45. The van der Waals surface area contributed by atoms with Crippen LogP contribution < -0.4 is 10.4 Å². The fourth-order valence-corrected chi connectivity index (χ4v) is 23.8. The Morgan fingerprint density at radius 3 is 1.12 bits per heavy atom. The van der Waals surface area contributed by atoms with Crippen LogP contribution in [0.5, 0.6) is 0 Å². The van der Waals surface area contributed by atoms with E-state index in [2.05, 4.69) is 144 Å². The highest BCUT2D eigenvalue weighted by Gasteiger charge is 2.44. The average molecular weight is 734 g/mol. The van der Waals surface area contributed by atoms with Crippen LogP contribution in [-0.4, -0.2) is 28.6 Å². The second-order valence-corrected chi connectivity index (χ2v) is 35.3. The normalized spacial score (nSPS) is 13.7. The first-order valence-electron chi connectivity index (χ1n) is 21.5. The lowest BCUT2D eigenvalue weighted by Crippen LogP contribution is -2.53. The summed E-state index contributed by atoms with van der Waals surface area (Å²) in [7, 11) is -5.53. The molecule has 0 fully saturated rings. The van der Waals surface area contributed by atoms with Gasteiger partial charge in [0, 0.05) is 21.8 Å². The SMILES string of the molecule is CCCCCCCC[Si](c1ccc2c3ccc([Si](CCCCCCCC)(C(C)C)C(C)C)cc3n([Si](C)(C)C(C)(C)C)c2c1)(C(C)C)C(C)C. The van der Waals surface area contributed by atoms with Crippen molar-refractivity contribution in [3.05, 3.63) is 36.4 Å². The lowest BCUT2D eigenvalue weighted by atomic mass is 10.1. The Hall–Kier alpha value is -1.11. The van der Waals surface area contributed by atoms with Gasteiger partial charge in [0.05, 0.1) is 16.1 Å². The maximum atomic E-state index is 2.97. The molecule has 0 unspecified atom stereocenters. The largest absolute Gasteiger partial charge is 0.368 e. The fourth-order valence-electron chi connectivity index (χ4n) is 10.0. The van der Waals surface area contributed by atoms with E-state index in [0.29, 0.717) is 0 Å². The summed E-state index contributed by atoms with van der Waals surface area (Å²) in [5, 5.41) is 6.68. The predicted molar refractivity (Wildman–Crippen MR) is 240 cm³/mol. The van der Waals surface area contributed by atoms with E-state index in [-0.39, 0.29) is 5.04 Å². The maximum Gasteiger partial charge on any atom is 0.161 e. The molecular formula is C46H83NSi3. The molecule has 1 heterocycles. The second-order valence-electron chi connectivity index (χ2n) is 19.3. The van der Waals surface area contributed by atoms with Crippen LogP contribution in [0.3, 0.4) is 0 Å². The minimum Gasteiger partial charge on any atom is -0.368 e. The van der Waals surface area contributed by atoms with Gasteiger partial charge in [-0.2, -0.15) is 0 Å². The molecule has 284 valence electrons. The molecule has 3 aromatic rings. The topological polar surface area (TPSA) is 4.93 Å². The Balaban J connectivity index is 2.29. The molecule has 0 N–H and O–H groups in total. The average Bonchev–Trinajstić information content (AvgIpc) is 3.36. The number of rotatable bonds is 21. The van der Waals surface area contributed by atoms with Gasteiger partial charge < -0.3 is 4.23 Å². The number of nitrogens with zero attached hydrogens (tertiary/aromatic N) is 1. The van der Waals surface area contributed by atoms with Crippen LogP contribution in [0.1, 0.15) is 167 Å². The maximum absolute atomic E-state index is 2.97. The highest BCUT2D eigenvalue weighted by atomic mass is 28.3. The van der Waals surface area contributed by atoms with Gasteiger partial charge in [-0.05, 0) is 39.3 Å². The molecule has 2 aromatic carbocycles. The molecule has 0 aliphatic rings. The summed E-state index contributed by atoms with van der Waals surface area (Å²) in [5.74, 6) is 0. The highest BCUT2D eigenvalue weighted by molar-refractivity contribution is 6.94. The van der Waals surface area contributed by atoms with Crippen molar-refractivity contribution in [2.75, 3.05) is 0 Å². The Morgan fingerprint density at radius 2 is 0.820 bits per heavy atom. The third-order valence-corrected chi connectivity index (χ3v) is 32.9. The van der Waals surface area contributed by atoms with Gasteiger partial charge in [0.1, 0.15) is 0 Å². The first kappa shape index (κ1) is 43.3. The van der Waals surface area contributed by atoms with Crippen molar-refractivity contribution in [3.8, 4) is 0 Å². The van der Waals surface area contributed by atoms with Gasteiger partial charge in [0.2, 0.25) is 0 Å². The monoisotopic (exact) mass is 734 g/mol. The molecule has 50 heavy (non-hydrogen) atoms. The van der Waals surface area contributed by atoms with Crippen molar-refractivity contribution in [1.82, 2.24) is 4.23 Å². The quantitative estimate of drug-likeness (QED) is 0.0759. The molecule has 0 aliphatic heterocycles. The zero-order chi connectivity index (χ0) is 37.5. The molecule has 1 nitrogen and oxygen atoms in total. The van der Waals surface area contributed by atoms with Crippen molar-refractivity contribution in [1.29, 1.82) is 0 Å². The molecule has 1 aromatic heterocycles. The van der Waals surface area contributed by atoms with Crippen molar-refractivity contribution >= 4 is 56.6 Å². The van der Waals surface area contributed by atoms with Crippen LogP contribution >= 0.6 is 0 Å². The summed E-state index contributed by atoms with van der Waals surface area (Å²) in [6, 6.07) is 18.8. The van der Waals surface area contributed by atoms with E-state index in [1.165, 1.54) is 99.9 Å². The molecular weight excluding hydrogens is 651 g/mol. The summed E-state index contributed by atoms with van der Waals surface area (Å²) in [5.41, 5.74) is 6.02. The Morgan fingerprint density at radius 1 is 0.500 bits per heavy atom. The number of unbranched alkanes of at least 4 members (excludes halogenated alkanes) is 10. The lowest BCUT2D eigenvalue weighted by molar-refractivity contribution is 0.620. The zero-order valence-corrected chi connectivity index (χ0v) is 39.1. The molecule has 4 heteroatoms. The Labute approximate surface area is 315 Å². The Bertz CT molecular complexity index is 1350. The van der Waals surface area contributed by atoms with Crippen molar-refractivity contribution in [3.63, 3.8) is 0 Å². The number of aromatic nitrogens is 1. The van der Waals surface area contributed by atoms with Crippen LogP contribution in [0.4, 0.5) is 0 Å². The first-order valence-corrected chi connectivity index (χ1v) is 29.2. The lowest BCUT2D eigenvalue weighted by Gasteiger charge is -2.42. The second kappa shape index (κ2) is 18.3. The van der Waals surface area contributed by atoms with Gasteiger partial charge in [-0.1, -0.05) is 227 Å². The standard InChI is InChI=1S/C46H83NSi3/c1-16-18-20-22-24-26-32-49(36(3)4,37(5)6)40-28-30-42-43-31-29-41(35-45(43)47(44(42)34-40)48(14,15)46(11,12)13)50(38(7)8,39(9)10)33-27-25-23-21-19-17-2/h28-31,34-39H,16-27,32-33H2,1-15H3. The number of benzene rings is 2. The van der Waals surface area contributed by atoms with Crippen LogP contribution in [0, 0.1) is 0 Å². The third-order valence-electron chi connectivity index (χ3n) is 14.2. The number of fused-ring (bicyclic) bond motifs is 3. The van der Waals surface area contributed by atoms with Gasteiger partial charge in [-0.25, -0.2) is 0 Å². The van der Waals surface area contributed by atoms with E-state index in [1.54, 1.807) is 21.4 Å². The molecule has 0 bridgehead atoms. The molecule has 0 spiro atoms. The van der Waals surface area contributed by atoms with E-state index in [0.717, 1.165) is 22.2 Å². The molecule has 0 radical (unpaired) electrons. The van der Waals surface area contributed by atoms with Gasteiger partial charge in [0.25, 0.3) is 0 Å². The summed E-state index contributed by atoms with van der Waals surface area (Å²) >= 11 is 0. The first-order chi connectivity index (χ1) is 23.4. The van der Waals surface area contributed by atoms with Crippen molar-refractivity contribution in [2.24, 2.45) is 0 Å². The van der Waals surface area contributed by atoms with E-state index < -0.39 is 24.4 Å². The Kier molecular flexibility index (Phi) is 15.8. The van der Waals surface area contributed by atoms with Gasteiger partial charge >= 0.3 is 0 Å². The van der Waals surface area contributed by atoms with E-state index in [9.17, 15) is 0 Å². The van der Waals surface area contributed by atoms with Gasteiger partial charge in [-0.15, -0.1) is 0 Å². The van der Waals surface area contributed by atoms with Gasteiger partial charge in [-0.3, -0.25) is 0 Å². The van der Waals surface area contributed by atoms with E-state index in [4.69, 9.17) is 0 Å². The van der Waals surface area contributed by atoms with E-state index >= 15 is 0 Å². The summed E-state index contributed by atoms with van der Waals surface area (Å²) in [6.07, 6.45) is 16.7. The molecule has 3 rings (SSSR count). The van der Waals surface area contributed by atoms with Crippen LogP contribution in [0.15, 0.2) is 36.4 Å². The zero-order valence-electron chi connectivity index (χ0n) is 36.1. The summed E-state index contributed by atoms with van der Waals surface area (Å²) < 4.78 is 2.97. The molecule has 0 saturated heterocycles. The number of hydrogen-bond acceptors (Lipinski definition) is 0. The summed E-state index contributed by atoms with van der Waals surface area (Å²) in [6.45, 7) is 38.0. The minimum atomic E-state index is -1.97. The van der Waals surface area contributed by atoms with E-state index in [1.807, 2.05) is 0 Å². The van der Waals surface area contributed by atoms with Crippen LogP contribution in [0.2, 0.25) is 52.4 Å². The number of hydrogen-bond donors (Lipinski definition) is 0. The fraction of sp³-hybridized carbons (Fsp3) is 0.739. The van der Waals surface area contributed by atoms with Crippen LogP contribution in [0.25, 0.3) is 21.8 Å². The smallest absolute Gasteiger partial charge is 0.161 e. The third kappa shape index (κ3) is 8.81. The van der Waals surface area contributed by atoms with Crippen LogP contribution in [-0.2, 0) is 0 Å². The van der Waals surface area contributed by atoms with Gasteiger partial charge in [0.15, 0.2) is 8.24 Å². The molecule has 0 saturated carbocycles. The molecule has 0 aliphatic carbocycles. The van der Waals surface area contributed by atoms with Crippen molar-refractivity contribution < 1.29 is 0 Å². The predicted octanol–water partition coefficient (Wildman–Crippen LogP) is 15.3.